The highest BCUT2D eigenvalue weighted by Gasteiger charge is 2.47. The molecule has 1 aromatic rings. The predicted molar refractivity (Wildman–Crippen MR) is 98.6 cm³/mol. The highest BCUT2D eigenvalue weighted by molar-refractivity contribution is 5.52. The first-order valence-corrected chi connectivity index (χ1v) is 9.39. The lowest BCUT2D eigenvalue weighted by Crippen LogP contribution is -2.52. The molecular weight excluding hydrogens is 298 g/mol. The van der Waals surface area contributed by atoms with Crippen LogP contribution in [0.15, 0.2) is 23.8 Å². The van der Waals surface area contributed by atoms with Crippen LogP contribution >= 0.6 is 0 Å². The molecule has 0 amide bonds. The third kappa shape index (κ3) is 3.06. The molecular formula is C21H31NO2. The van der Waals surface area contributed by atoms with E-state index in [1.165, 1.54) is 24.0 Å². The molecule has 0 radical (unpaired) electrons. The molecule has 3 N–H and O–H groups in total. The molecule has 3 heteroatoms. The largest absolute Gasteiger partial charge is 0.508 e. The zero-order chi connectivity index (χ0) is 17.3. The first-order chi connectivity index (χ1) is 11.5. The van der Waals surface area contributed by atoms with Crippen molar-refractivity contribution >= 4 is 0 Å². The molecule has 2 aliphatic rings. The third-order valence-corrected chi connectivity index (χ3v) is 5.90. The summed E-state index contributed by atoms with van der Waals surface area (Å²) in [7, 11) is 0. The van der Waals surface area contributed by atoms with Gasteiger partial charge < -0.3 is 15.6 Å². The Bertz CT molecular complexity index is 637. The predicted octanol–water partition coefficient (Wildman–Crippen LogP) is 4.67. The van der Waals surface area contributed by atoms with Crippen LogP contribution in [0, 0.1) is 5.92 Å². The van der Waals surface area contributed by atoms with Crippen molar-refractivity contribution in [3.63, 3.8) is 0 Å². The summed E-state index contributed by atoms with van der Waals surface area (Å²) in [6.07, 6.45) is 8.82. The number of benzene rings is 1. The number of aryl methyl sites for hydroxylation is 1. The van der Waals surface area contributed by atoms with E-state index in [4.69, 9.17) is 10.5 Å². The van der Waals surface area contributed by atoms with Gasteiger partial charge in [-0.25, -0.2) is 0 Å². The lowest BCUT2D eigenvalue weighted by molar-refractivity contribution is -0.00105. The minimum atomic E-state index is -0.358. The summed E-state index contributed by atoms with van der Waals surface area (Å²) in [6, 6.07) is 4.09. The maximum atomic E-state index is 10.7. The minimum Gasteiger partial charge on any atom is -0.508 e. The van der Waals surface area contributed by atoms with Crippen molar-refractivity contribution in [3.8, 4) is 11.5 Å². The molecule has 3 rings (SSSR count). The molecule has 1 aliphatic carbocycles. The summed E-state index contributed by atoms with van der Waals surface area (Å²) in [6.45, 7) is 7.02. The highest BCUT2D eigenvalue weighted by atomic mass is 16.5. The minimum absolute atomic E-state index is 0.303. The van der Waals surface area contributed by atoms with Crippen molar-refractivity contribution in [2.45, 2.75) is 70.8 Å². The van der Waals surface area contributed by atoms with Gasteiger partial charge in [0, 0.05) is 23.9 Å². The monoisotopic (exact) mass is 329 g/mol. The van der Waals surface area contributed by atoms with E-state index in [0.717, 1.165) is 37.0 Å². The molecule has 0 spiro atoms. The second-order valence-corrected chi connectivity index (χ2v) is 7.81. The van der Waals surface area contributed by atoms with Crippen LogP contribution in [0.1, 0.15) is 69.9 Å². The Kier molecular flexibility index (Phi) is 4.91. The second-order valence-electron chi connectivity index (χ2n) is 7.81. The van der Waals surface area contributed by atoms with Crippen molar-refractivity contribution in [3.05, 3.63) is 34.9 Å². The van der Waals surface area contributed by atoms with Gasteiger partial charge in [-0.3, -0.25) is 0 Å². The van der Waals surface area contributed by atoms with Crippen LogP contribution in [0.5, 0.6) is 11.5 Å². The number of unbranched alkanes of at least 4 members (excludes halogenated alkanes) is 2. The molecule has 0 saturated heterocycles. The Morgan fingerprint density at radius 3 is 2.83 bits per heavy atom. The number of hydrogen-bond acceptors (Lipinski definition) is 3. The number of hydrogen-bond donors (Lipinski definition) is 2. The van der Waals surface area contributed by atoms with E-state index < -0.39 is 0 Å². The van der Waals surface area contributed by atoms with Crippen LogP contribution < -0.4 is 10.5 Å². The number of nitrogens with two attached hydrogens (primary N) is 1. The second kappa shape index (κ2) is 6.79. The Hall–Kier alpha value is -1.48. The van der Waals surface area contributed by atoms with Crippen LogP contribution in [0.2, 0.25) is 0 Å². The highest BCUT2D eigenvalue weighted by Crippen LogP contribution is 2.54. The fraction of sp³-hybridized carbons (Fsp3) is 0.619. The summed E-state index contributed by atoms with van der Waals surface area (Å²) in [5, 5.41) is 10.7. The van der Waals surface area contributed by atoms with E-state index in [-0.39, 0.29) is 5.60 Å². The molecule has 1 aliphatic heterocycles. The van der Waals surface area contributed by atoms with E-state index in [2.05, 4.69) is 32.9 Å². The molecule has 1 heterocycles. The average molecular weight is 329 g/mol. The van der Waals surface area contributed by atoms with Crippen LogP contribution in [0.25, 0.3) is 0 Å². The van der Waals surface area contributed by atoms with Crippen molar-refractivity contribution in [2.24, 2.45) is 11.7 Å². The van der Waals surface area contributed by atoms with E-state index in [1.54, 1.807) is 0 Å². The van der Waals surface area contributed by atoms with Gasteiger partial charge in [-0.1, -0.05) is 31.4 Å². The summed E-state index contributed by atoms with van der Waals surface area (Å²) >= 11 is 0. The van der Waals surface area contributed by atoms with Gasteiger partial charge in [0.25, 0.3) is 0 Å². The summed E-state index contributed by atoms with van der Waals surface area (Å²) in [5.74, 6) is 1.89. The normalized spacial score (nSPS) is 28.6. The number of phenolic OH excluding ortho intramolecular Hbond substituents is 1. The van der Waals surface area contributed by atoms with Crippen molar-refractivity contribution in [1.29, 1.82) is 0 Å². The summed E-state index contributed by atoms with van der Waals surface area (Å²) in [4.78, 5) is 0. The number of allylic oxidation sites excluding steroid dienone is 2. The van der Waals surface area contributed by atoms with Crippen LogP contribution in [0.3, 0.4) is 0 Å². The molecule has 132 valence electrons. The molecule has 0 aromatic heterocycles. The van der Waals surface area contributed by atoms with Crippen molar-refractivity contribution in [1.82, 2.24) is 0 Å². The fourth-order valence-electron chi connectivity index (χ4n) is 4.41. The Balaban J connectivity index is 1.99. The maximum Gasteiger partial charge on any atom is 0.127 e. The van der Waals surface area contributed by atoms with E-state index in [9.17, 15) is 5.11 Å². The molecule has 3 atom stereocenters. The van der Waals surface area contributed by atoms with Gasteiger partial charge in [-0.15, -0.1) is 0 Å². The summed E-state index contributed by atoms with van der Waals surface area (Å²) in [5.41, 5.74) is 9.31. The third-order valence-electron chi connectivity index (χ3n) is 5.90. The smallest absolute Gasteiger partial charge is 0.127 e. The lowest BCUT2D eigenvalue weighted by Gasteiger charge is -2.48. The summed E-state index contributed by atoms with van der Waals surface area (Å²) < 4.78 is 6.39. The molecule has 1 aromatic carbocycles. The van der Waals surface area contributed by atoms with Gasteiger partial charge in [0.2, 0.25) is 0 Å². The number of ether oxygens (including phenoxy) is 1. The molecule has 0 saturated carbocycles. The van der Waals surface area contributed by atoms with Gasteiger partial charge in [-0.05, 0) is 57.2 Å². The lowest BCUT2D eigenvalue weighted by atomic mass is 9.66. The number of aromatic hydroxyl groups is 1. The average Bonchev–Trinajstić information content (AvgIpc) is 2.54. The Morgan fingerprint density at radius 2 is 2.12 bits per heavy atom. The van der Waals surface area contributed by atoms with Gasteiger partial charge in [-0.2, -0.15) is 0 Å². The van der Waals surface area contributed by atoms with E-state index in [1.807, 2.05) is 6.07 Å². The van der Waals surface area contributed by atoms with Crippen LogP contribution in [-0.2, 0) is 6.42 Å². The Morgan fingerprint density at radius 1 is 1.33 bits per heavy atom. The quantitative estimate of drug-likeness (QED) is 0.609. The van der Waals surface area contributed by atoms with Crippen LogP contribution in [-0.4, -0.2) is 17.3 Å². The first kappa shape index (κ1) is 17.3. The Labute approximate surface area is 145 Å². The standard InChI is InChI=1S/C21H31NO2/c1-4-5-6-7-15-11-18(23)20-16-10-14(2)8-9-17(16)21(3,13-22)24-19(20)12-15/h8,11-12,16-17,23H,4-7,9-10,13,22H2,1-3H3/t16?,17-,21?/m1/s1. The van der Waals surface area contributed by atoms with Crippen LogP contribution in [0.4, 0.5) is 0 Å². The molecule has 0 fully saturated rings. The SMILES string of the molecule is CCCCCc1cc(O)c2c(c1)OC(C)(CN)[C@@H]1CC=C(C)CC21. The van der Waals surface area contributed by atoms with Gasteiger partial charge in [0.05, 0.1) is 0 Å². The van der Waals surface area contributed by atoms with Gasteiger partial charge in [0.15, 0.2) is 0 Å². The van der Waals surface area contributed by atoms with Gasteiger partial charge in [0.1, 0.15) is 17.1 Å². The number of fused-ring (bicyclic) bond motifs is 3. The van der Waals surface area contributed by atoms with Gasteiger partial charge >= 0.3 is 0 Å². The molecule has 0 bridgehead atoms. The molecule has 24 heavy (non-hydrogen) atoms. The topological polar surface area (TPSA) is 55.5 Å². The van der Waals surface area contributed by atoms with E-state index in [0.29, 0.717) is 24.1 Å². The number of phenols is 1. The molecule has 3 nitrogen and oxygen atoms in total. The maximum absolute atomic E-state index is 10.7. The van der Waals surface area contributed by atoms with Crippen molar-refractivity contribution in [2.75, 3.05) is 6.54 Å². The number of rotatable bonds is 5. The van der Waals surface area contributed by atoms with E-state index >= 15 is 0 Å². The molecule has 2 unspecified atom stereocenters. The first-order valence-electron chi connectivity index (χ1n) is 9.39. The zero-order valence-corrected chi connectivity index (χ0v) is 15.3. The zero-order valence-electron chi connectivity index (χ0n) is 15.3. The van der Waals surface area contributed by atoms with Crippen molar-refractivity contribution < 1.29 is 9.84 Å². The fourth-order valence-corrected chi connectivity index (χ4v) is 4.41.